The van der Waals surface area contributed by atoms with Crippen LogP contribution in [0, 0.1) is 6.92 Å². The normalized spacial score (nSPS) is 16.6. The van der Waals surface area contributed by atoms with Crippen LogP contribution in [0.3, 0.4) is 0 Å². The summed E-state index contributed by atoms with van der Waals surface area (Å²) >= 11 is 1.62. The Balaban J connectivity index is 1.86. The van der Waals surface area contributed by atoms with Crippen LogP contribution in [0.4, 0.5) is 0 Å². The summed E-state index contributed by atoms with van der Waals surface area (Å²) in [7, 11) is 0. The molecule has 1 saturated heterocycles. The lowest BCUT2D eigenvalue weighted by Crippen LogP contribution is -2.35. The molecule has 3 heterocycles. The summed E-state index contributed by atoms with van der Waals surface area (Å²) in [6, 6.07) is 0. The number of fused-ring (bicyclic) bond motifs is 1. The molecule has 0 aliphatic carbocycles. The molecule has 4 nitrogen and oxygen atoms in total. The molecule has 2 aromatic rings. The third kappa shape index (κ3) is 1.95. The van der Waals surface area contributed by atoms with Gasteiger partial charge in [-0.25, -0.2) is 4.98 Å². The predicted molar refractivity (Wildman–Crippen MR) is 67.6 cm³/mol. The molecule has 0 radical (unpaired) electrons. The second-order valence-corrected chi connectivity index (χ2v) is 5.72. The first kappa shape index (κ1) is 10.8. The summed E-state index contributed by atoms with van der Waals surface area (Å²) in [5, 5.41) is 0. The predicted octanol–water partition coefficient (Wildman–Crippen LogP) is 2.33. The number of amides is 1. The van der Waals surface area contributed by atoms with Crippen molar-refractivity contribution in [3.05, 3.63) is 23.0 Å². The van der Waals surface area contributed by atoms with Crippen LogP contribution in [0.1, 0.15) is 34.6 Å². The number of aryl methyl sites for hydroxylation is 1. The lowest BCUT2D eigenvalue weighted by molar-refractivity contribution is 0.0719. The van der Waals surface area contributed by atoms with Crippen LogP contribution >= 0.6 is 11.3 Å². The van der Waals surface area contributed by atoms with Crippen molar-refractivity contribution < 1.29 is 4.79 Å². The lowest BCUT2D eigenvalue weighted by Gasteiger charge is -2.25. The molecule has 0 atom stereocenters. The minimum Gasteiger partial charge on any atom is -0.337 e. The maximum absolute atomic E-state index is 12.2. The smallest absolute Gasteiger partial charge is 0.274 e. The van der Waals surface area contributed by atoms with Gasteiger partial charge in [-0.15, -0.1) is 11.3 Å². The van der Waals surface area contributed by atoms with E-state index in [1.807, 2.05) is 28.6 Å². The highest BCUT2D eigenvalue weighted by atomic mass is 32.1. The fraction of sp³-hybridized carbons (Fsp3) is 0.500. The fourth-order valence-corrected chi connectivity index (χ4v) is 3.08. The van der Waals surface area contributed by atoms with E-state index >= 15 is 0 Å². The molecule has 1 fully saturated rings. The highest BCUT2D eigenvalue weighted by Crippen LogP contribution is 2.18. The molecule has 5 heteroatoms. The molecule has 0 bridgehead atoms. The van der Waals surface area contributed by atoms with E-state index in [0.717, 1.165) is 30.9 Å². The molecule has 1 aliphatic heterocycles. The van der Waals surface area contributed by atoms with Crippen LogP contribution in [-0.4, -0.2) is 33.3 Å². The average Bonchev–Trinajstić information content (AvgIpc) is 2.86. The summed E-state index contributed by atoms with van der Waals surface area (Å²) in [4.78, 5) is 20.6. The van der Waals surface area contributed by atoms with E-state index in [9.17, 15) is 4.79 Å². The van der Waals surface area contributed by atoms with Crippen molar-refractivity contribution in [1.82, 2.24) is 14.3 Å². The molecule has 1 aliphatic rings. The standard InChI is InChI=1S/C12H15N3OS/c1-9-7-15-8-10(13-12(15)17-9)11(16)14-5-3-2-4-6-14/h7-8H,2-6H2,1H3. The molecule has 0 aromatic carbocycles. The first-order valence-corrected chi connectivity index (χ1v) is 6.80. The van der Waals surface area contributed by atoms with Crippen molar-refractivity contribution in [2.75, 3.05) is 13.1 Å². The molecule has 1 amide bonds. The van der Waals surface area contributed by atoms with Gasteiger partial charge in [0.05, 0.1) is 0 Å². The minimum absolute atomic E-state index is 0.0817. The Morgan fingerprint density at radius 3 is 2.76 bits per heavy atom. The fourth-order valence-electron chi connectivity index (χ4n) is 2.27. The summed E-state index contributed by atoms with van der Waals surface area (Å²) < 4.78 is 1.94. The van der Waals surface area contributed by atoms with Gasteiger partial charge in [-0.3, -0.25) is 9.20 Å². The van der Waals surface area contributed by atoms with Crippen molar-refractivity contribution in [3.8, 4) is 0 Å². The van der Waals surface area contributed by atoms with Gasteiger partial charge in [-0.1, -0.05) is 0 Å². The second-order valence-electron chi connectivity index (χ2n) is 4.51. The van der Waals surface area contributed by atoms with E-state index in [1.165, 1.54) is 11.3 Å². The van der Waals surface area contributed by atoms with Crippen LogP contribution in [-0.2, 0) is 0 Å². The maximum atomic E-state index is 12.2. The summed E-state index contributed by atoms with van der Waals surface area (Å²) in [5.41, 5.74) is 0.582. The number of aromatic nitrogens is 2. The van der Waals surface area contributed by atoms with Crippen LogP contribution in [0.15, 0.2) is 12.4 Å². The third-order valence-electron chi connectivity index (χ3n) is 3.13. The molecule has 3 rings (SSSR count). The van der Waals surface area contributed by atoms with E-state index in [0.29, 0.717) is 5.69 Å². The number of rotatable bonds is 1. The Bertz CT molecular complexity index is 520. The van der Waals surface area contributed by atoms with Crippen molar-refractivity contribution >= 4 is 22.2 Å². The van der Waals surface area contributed by atoms with Crippen molar-refractivity contribution in [3.63, 3.8) is 0 Å². The van der Waals surface area contributed by atoms with Gasteiger partial charge in [0.2, 0.25) is 0 Å². The van der Waals surface area contributed by atoms with Gasteiger partial charge in [0, 0.05) is 30.4 Å². The second kappa shape index (κ2) is 4.14. The van der Waals surface area contributed by atoms with Crippen molar-refractivity contribution in [1.29, 1.82) is 0 Å². The minimum atomic E-state index is 0.0817. The van der Waals surface area contributed by atoms with Gasteiger partial charge in [0.25, 0.3) is 5.91 Å². The number of likely N-dealkylation sites (tertiary alicyclic amines) is 1. The Kier molecular flexibility index (Phi) is 2.63. The van der Waals surface area contributed by atoms with Crippen molar-refractivity contribution in [2.45, 2.75) is 26.2 Å². The number of carbonyl (C=O) groups excluding carboxylic acids is 1. The summed E-state index contributed by atoms with van der Waals surface area (Å²) in [6.07, 6.45) is 7.33. The average molecular weight is 249 g/mol. The maximum Gasteiger partial charge on any atom is 0.274 e. The molecule has 0 N–H and O–H groups in total. The number of imidazole rings is 1. The van der Waals surface area contributed by atoms with Crippen molar-refractivity contribution in [2.24, 2.45) is 0 Å². The largest absolute Gasteiger partial charge is 0.337 e. The molecule has 2 aromatic heterocycles. The monoisotopic (exact) mass is 249 g/mol. The van der Waals surface area contributed by atoms with Crippen LogP contribution in [0.5, 0.6) is 0 Å². The SMILES string of the molecule is Cc1cn2cc(C(=O)N3CCCCC3)nc2s1. The van der Waals surface area contributed by atoms with E-state index in [1.54, 1.807) is 11.3 Å². The first-order chi connectivity index (χ1) is 8.24. The number of thiazole rings is 1. The number of carbonyl (C=O) groups is 1. The van der Waals surface area contributed by atoms with Crippen LogP contribution in [0.2, 0.25) is 0 Å². The van der Waals surface area contributed by atoms with Crippen LogP contribution in [0.25, 0.3) is 4.96 Å². The Morgan fingerprint density at radius 1 is 1.29 bits per heavy atom. The zero-order chi connectivity index (χ0) is 11.8. The van der Waals surface area contributed by atoms with E-state index in [4.69, 9.17) is 0 Å². The van der Waals surface area contributed by atoms with E-state index < -0.39 is 0 Å². The lowest BCUT2D eigenvalue weighted by atomic mass is 10.1. The van der Waals surface area contributed by atoms with E-state index in [-0.39, 0.29) is 5.91 Å². The highest BCUT2D eigenvalue weighted by molar-refractivity contribution is 7.17. The molecule has 0 spiro atoms. The Hall–Kier alpha value is -1.36. The van der Waals surface area contributed by atoms with Gasteiger partial charge < -0.3 is 4.90 Å². The quantitative estimate of drug-likeness (QED) is 0.778. The zero-order valence-electron chi connectivity index (χ0n) is 9.85. The molecule has 90 valence electrons. The molecule has 0 unspecified atom stereocenters. The number of nitrogens with zero attached hydrogens (tertiary/aromatic N) is 3. The van der Waals surface area contributed by atoms with E-state index in [2.05, 4.69) is 4.98 Å². The molecule has 17 heavy (non-hydrogen) atoms. The first-order valence-electron chi connectivity index (χ1n) is 5.98. The number of hydrogen-bond acceptors (Lipinski definition) is 3. The van der Waals surface area contributed by atoms with Gasteiger partial charge in [-0.05, 0) is 26.2 Å². The summed E-state index contributed by atoms with van der Waals surface area (Å²) in [6.45, 7) is 3.80. The highest BCUT2D eigenvalue weighted by Gasteiger charge is 2.20. The van der Waals surface area contributed by atoms with Gasteiger partial charge in [-0.2, -0.15) is 0 Å². The summed E-state index contributed by atoms with van der Waals surface area (Å²) in [5.74, 6) is 0.0817. The zero-order valence-corrected chi connectivity index (χ0v) is 10.7. The van der Waals surface area contributed by atoms with Gasteiger partial charge in [0.1, 0.15) is 5.69 Å². The Labute approximate surface area is 104 Å². The molecule has 0 saturated carbocycles. The topological polar surface area (TPSA) is 37.6 Å². The van der Waals surface area contributed by atoms with Gasteiger partial charge in [0.15, 0.2) is 4.96 Å². The molecular weight excluding hydrogens is 234 g/mol. The molecular formula is C12H15N3OS. The van der Waals surface area contributed by atoms with Gasteiger partial charge >= 0.3 is 0 Å². The van der Waals surface area contributed by atoms with Crippen LogP contribution < -0.4 is 0 Å². The number of hydrogen-bond donors (Lipinski definition) is 0. The Morgan fingerprint density at radius 2 is 2.06 bits per heavy atom. The third-order valence-corrected chi connectivity index (χ3v) is 4.05. The number of piperidine rings is 1.